The number of carbonyl (C=O) groups excluding carboxylic acids is 1. The van der Waals surface area contributed by atoms with Crippen molar-refractivity contribution in [3.8, 4) is 0 Å². The molecule has 1 amide bonds. The van der Waals surface area contributed by atoms with Crippen LogP contribution in [0.15, 0.2) is 50.6 Å². The SMILES string of the molecule is C=CC.C=CC.C=CC.C=CCCCCC.CCCC(=O)NCC. The van der Waals surface area contributed by atoms with E-state index in [4.69, 9.17) is 0 Å². The lowest BCUT2D eigenvalue weighted by atomic mass is 10.2. The Bertz CT molecular complexity index is 222. The second-order valence-electron chi connectivity index (χ2n) is 4.71. The Morgan fingerprint density at radius 2 is 1.25 bits per heavy atom. The zero-order valence-corrected chi connectivity index (χ0v) is 17.5. The van der Waals surface area contributed by atoms with Crippen molar-refractivity contribution >= 4 is 5.91 Å². The van der Waals surface area contributed by atoms with E-state index in [2.05, 4.69) is 38.6 Å². The number of rotatable bonds is 7. The molecule has 0 radical (unpaired) electrons. The Morgan fingerprint density at radius 3 is 1.50 bits per heavy atom. The van der Waals surface area contributed by atoms with Gasteiger partial charge in [-0.3, -0.25) is 4.79 Å². The number of hydrogen-bond acceptors (Lipinski definition) is 1. The van der Waals surface area contributed by atoms with Gasteiger partial charge in [0.1, 0.15) is 0 Å². The van der Waals surface area contributed by atoms with Gasteiger partial charge < -0.3 is 5.32 Å². The van der Waals surface area contributed by atoms with Gasteiger partial charge in [0, 0.05) is 13.0 Å². The Labute approximate surface area is 153 Å². The summed E-state index contributed by atoms with van der Waals surface area (Å²) in [7, 11) is 0. The second-order valence-corrected chi connectivity index (χ2v) is 4.71. The molecule has 0 aliphatic heterocycles. The molecule has 0 aliphatic carbocycles. The molecule has 0 fully saturated rings. The maximum Gasteiger partial charge on any atom is 0.219 e. The molecule has 0 spiro atoms. The van der Waals surface area contributed by atoms with E-state index in [1.165, 1.54) is 25.7 Å². The molecule has 0 aromatic rings. The zero-order chi connectivity index (χ0) is 20.1. The highest BCUT2D eigenvalue weighted by molar-refractivity contribution is 5.75. The summed E-state index contributed by atoms with van der Waals surface area (Å²) in [5, 5.41) is 2.71. The zero-order valence-electron chi connectivity index (χ0n) is 17.5. The summed E-state index contributed by atoms with van der Waals surface area (Å²) in [5.74, 6) is 0.162. The topological polar surface area (TPSA) is 29.1 Å². The summed E-state index contributed by atoms with van der Waals surface area (Å²) >= 11 is 0. The summed E-state index contributed by atoms with van der Waals surface area (Å²) in [6.45, 7) is 26.3. The van der Waals surface area contributed by atoms with Gasteiger partial charge in [-0.2, -0.15) is 0 Å². The van der Waals surface area contributed by atoms with Crippen LogP contribution in [0.3, 0.4) is 0 Å². The maximum atomic E-state index is 10.5. The van der Waals surface area contributed by atoms with E-state index in [0.717, 1.165) is 13.0 Å². The van der Waals surface area contributed by atoms with Gasteiger partial charge in [-0.05, 0) is 47.0 Å². The van der Waals surface area contributed by atoms with Crippen molar-refractivity contribution in [2.75, 3.05) is 6.54 Å². The molecule has 0 saturated carbocycles. The number of nitrogens with one attached hydrogen (secondary N) is 1. The predicted octanol–water partition coefficient (Wildman–Crippen LogP) is 7.25. The van der Waals surface area contributed by atoms with Crippen LogP contribution in [0, 0.1) is 0 Å². The van der Waals surface area contributed by atoms with E-state index < -0.39 is 0 Å². The van der Waals surface area contributed by atoms with Gasteiger partial charge in [0.15, 0.2) is 0 Å². The molecule has 0 saturated heterocycles. The lowest BCUT2D eigenvalue weighted by molar-refractivity contribution is -0.121. The van der Waals surface area contributed by atoms with Crippen LogP contribution in [0.2, 0.25) is 0 Å². The summed E-state index contributed by atoms with van der Waals surface area (Å²) in [4.78, 5) is 10.5. The number of unbranched alkanes of at least 4 members (excludes halogenated alkanes) is 3. The number of carbonyl (C=O) groups is 1. The molecule has 2 heteroatoms. The summed E-state index contributed by atoms with van der Waals surface area (Å²) in [5.41, 5.74) is 0. The van der Waals surface area contributed by atoms with Gasteiger partial charge in [0.25, 0.3) is 0 Å². The van der Waals surface area contributed by atoms with Crippen LogP contribution < -0.4 is 5.32 Å². The van der Waals surface area contributed by atoms with Crippen molar-refractivity contribution in [1.29, 1.82) is 0 Å². The molecule has 0 rings (SSSR count). The number of hydrogen-bond donors (Lipinski definition) is 1. The monoisotopic (exact) mass is 339 g/mol. The molecule has 0 atom stereocenters. The van der Waals surface area contributed by atoms with E-state index in [1.54, 1.807) is 18.2 Å². The third-order valence-electron chi connectivity index (χ3n) is 1.86. The molecule has 2 nitrogen and oxygen atoms in total. The first-order valence-electron chi connectivity index (χ1n) is 9.06. The summed E-state index contributed by atoms with van der Waals surface area (Å²) < 4.78 is 0. The second kappa shape index (κ2) is 49.6. The van der Waals surface area contributed by atoms with Crippen LogP contribution in [0.4, 0.5) is 0 Å². The predicted molar refractivity (Wildman–Crippen MR) is 116 cm³/mol. The number of allylic oxidation sites excluding steroid dienone is 4. The standard InChI is InChI=1S/C7H14.C6H13NO.3C3H6/c1-3-5-7-6-4-2;1-3-5-6(8)7-4-2;3*1-3-2/h3H,1,4-7H2,2H3;3-5H2,1-2H3,(H,7,8);3*3H,1H2,2H3. The lowest BCUT2D eigenvalue weighted by Crippen LogP contribution is -2.21. The summed E-state index contributed by atoms with van der Waals surface area (Å²) in [6, 6.07) is 0. The van der Waals surface area contributed by atoms with E-state index in [9.17, 15) is 4.79 Å². The molecule has 0 unspecified atom stereocenters. The van der Waals surface area contributed by atoms with Crippen LogP contribution >= 0.6 is 0 Å². The molecule has 144 valence electrons. The molecular weight excluding hydrogens is 294 g/mol. The van der Waals surface area contributed by atoms with Crippen molar-refractivity contribution in [3.05, 3.63) is 50.6 Å². The average molecular weight is 340 g/mol. The molecule has 0 aromatic heterocycles. The van der Waals surface area contributed by atoms with Gasteiger partial charge in [-0.15, -0.1) is 26.3 Å². The fourth-order valence-electron chi connectivity index (χ4n) is 1.05. The minimum atomic E-state index is 0.162. The molecule has 1 N–H and O–H groups in total. The van der Waals surface area contributed by atoms with Gasteiger partial charge in [0.2, 0.25) is 5.91 Å². The largest absolute Gasteiger partial charge is 0.356 e. The normalized spacial score (nSPS) is 7.08. The van der Waals surface area contributed by atoms with Gasteiger partial charge >= 0.3 is 0 Å². The molecular formula is C22H45NO. The van der Waals surface area contributed by atoms with Crippen molar-refractivity contribution in [2.24, 2.45) is 0 Å². The van der Waals surface area contributed by atoms with E-state index in [-0.39, 0.29) is 5.91 Å². The van der Waals surface area contributed by atoms with Gasteiger partial charge in [-0.25, -0.2) is 0 Å². The molecule has 0 heterocycles. The van der Waals surface area contributed by atoms with Crippen LogP contribution in [0.1, 0.15) is 80.1 Å². The maximum absolute atomic E-state index is 10.5. The fourth-order valence-corrected chi connectivity index (χ4v) is 1.05. The van der Waals surface area contributed by atoms with E-state index >= 15 is 0 Å². The van der Waals surface area contributed by atoms with Crippen molar-refractivity contribution in [2.45, 2.75) is 80.1 Å². The average Bonchev–Trinajstić information content (AvgIpc) is 2.51. The minimum absolute atomic E-state index is 0.162. The van der Waals surface area contributed by atoms with Crippen molar-refractivity contribution in [1.82, 2.24) is 5.32 Å². The quantitative estimate of drug-likeness (QED) is 0.384. The third-order valence-corrected chi connectivity index (χ3v) is 1.86. The highest BCUT2D eigenvalue weighted by atomic mass is 16.1. The Balaban J connectivity index is -0.0000000682. The minimum Gasteiger partial charge on any atom is -0.356 e. The van der Waals surface area contributed by atoms with Gasteiger partial charge in [-0.1, -0.05) is 51.0 Å². The first kappa shape index (κ1) is 33.9. The Morgan fingerprint density at radius 1 is 0.833 bits per heavy atom. The first-order chi connectivity index (χ1) is 11.5. The Kier molecular flexibility index (Phi) is 70.1. The molecule has 24 heavy (non-hydrogen) atoms. The van der Waals surface area contributed by atoms with Crippen LogP contribution in [-0.4, -0.2) is 12.5 Å². The lowest BCUT2D eigenvalue weighted by Gasteiger charge is -1.96. The Hall–Kier alpha value is -1.57. The first-order valence-corrected chi connectivity index (χ1v) is 9.06. The fraction of sp³-hybridized carbons (Fsp3) is 0.591. The smallest absolute Gasteiger partial charge is 0.219 e. The molecule has 0 bridgehead atoms. The molecule has 0 aromatic carbocycles. The third kappa shape index (κ3) is 109. The van der Waals surface area contributed by atoms with E-state index in [1.807, 2.05) is 40.7 Å². The highest BCUT2D eigenvalue weighted by Gasteiger charge is 1.92. The number of amides is 1. The van der Waals surface area contributed by atoms with Crippen LogP contribution in [0.5, 0.6) is 0 Å². The van der Waals surface area contributed by atoms with Crippen LogP contribution in [0.25, 0.3) is 0 Å². The highest BCUT2D eigenvalue weighted by Crippen LogP contribution is 1.97. The molecule has 0 aliphatic rings. The van der Waals surface area contributed by atoms with Gasteiger partial charge in [0.05, 0.1) is 0 Å². The van der Waals surface area contributed by atoms with Crippen molar-refractivity contribution < 1.29 is 4.79 Å². The van der Waals surface area contributed by atoms with Crippen molar-refractivity contribution in [3.63, 3.8) is 0 Å². The van der Waals surface area contributed by atoms with E-state index in [0.29, 0.717) is 6.42 Å². The van der Waals surface area contributed by atoms with Crippen LogP contribution in [-0.2, 0) is 4.79 Å². The summed E-state index contributed by atoms with van der Waals surface area (Å²) in [6.07, 6.45) is 14.0.